The highest BCUT2D eigenvalue weighted by Gasteiger charge is 2.21. The van der Waals surface area contributed by atoms with E-state index < -0.39 is 5.91 Å². The second-order valence-corrected chi connectivity index (χ2v) is 7.95. The van der Waals surface area contributed by atoms with Crippen LogP contribution >= 0.6 is 11.3 Å². The third-order valence-electron chi connectivity index (χ3n) is 4.86. The second kappa shape index (κ2) is 7.21. The number of carbonyl (C=O) groups is 1. The number of aromatic amines is 1. The molecule has 0 aliphatic carbocycles. The predicted octanol–water partition coefficient (Wildman–Crippen LogP) is 2.94. The smallest absolute Gasteiger partial charge is 0.253 e. The number of imidazole rings is 1. The highest BCUT2D eigenvalue weighted by Crippen LogP contribution is 2.36. The van der Waals surface area contributed by atoms with Gasteiger partial charge in [0.15, 0.2) is 0 Å². The number of benzene rings is 2. The molecular weight excluding hydrogens is 372 g/mol. The minimum atomic E-state index is -0.470. The Labute approximate surface area is 166 Å². The predicted molar refractivity (Wildman–Crippen MR) is 115 cm³/mol. The Morgan fingerprint density at radius 3 is 2.75 bits per heavy atom. The van der Waals surface area contributed by atoms with Gasteiger partial charge < -0.3 is 20.5 Å². The van der Waals surface area contributed by atoms with Crippen LogP contribution in [0.4, 0.5) is 5.69 Å². The van der Waals surface area contributed by atoms with Crippen LogP contribution in [0.15, 0.2) is 36.1 Å². The molecule has 144 valence electrons. The Morgan fingerprint density at radius 1 is 1.18 bits per heavy atom. The number of rotatable bonds is 6. The summed E-state index contributed by atoms with van der Waals surface area (Å²) >= 11 is 1.61. The number of likely N-dealkylation sites (N-methyl/N-ethyl adjacent to an activating group) is 2. The van der Waals surface area contributed by atoms with Crippen LogP contribution < -0.4 is 10.6 Å². The van der Waals surface area contributed by atoms with Gasteiger partial charge in [-0.05, 0) is 37.9 Å². The number of nitrogens with one attached hydrogen (secondary N) is 1. The van der Waals surface area contributed by atoms with E-state index in [0.29, 0.717) is 11.1 Å². The summed E-state index contributed by atoms with van der Waals surface area (Å²) in [6.07, 6.45) is 1.60. The summed E-state index contributed by atoms with van der Waals surface area (Å²) in [5.41, 5.74) is 13.1. The molecule has 0 radical (unpaired) electrons. The fourth-order valence-electron chi connectivity index (χ4n) is 3.36. The maximum Gasteiger partial charge on any atom is 0.253 e. The summed E-state index contributed by atoms with van der Waals surface area (Å²) in [7, 11) is 6.02. The van der Waals surface area contributed by atoms with Crippen molar-refractivity contribution in [1.82, 2.24) is 19.9 Å². The minimum absolute atomic E-state index is 0.465. The largest absolute Gasteiger partial charge is 0.373 e. The normalized spacial score (nSPS) is 11.6. The number of amides is 1. The van der Waals surface area contributed by atoms with Crippen molar-refractivity contribution < 1.29 is 4.79 Å². The molecule has 0 fully saturated rings. The average Bonchev–Trinajstić information content (AvgIpc) is 3.32. The zero-order valence-electron chi connectivity index (χ0n) is 16.1. The number of nitrogens with two attached hydrogens (primary N) is 1. The van der Waals surface area contributed by atoms with Crippen molar-refractivity contribution in [2.24, 2.45) is 5.73 Å². The zero-order chi connectivity index (χ0) is 19.8. The molecule has 0 saturated heterocycles. The second-order valence-electron chi connectivity index (χ2n) is 7.07. The Morgan fingerprint density at radius 2 is 2.00 bits per heavy atom. The van der Waals surface area contributed by atoms with Gasteiger partial charge in [-0.25, -0.2) is 9.97 Å². The summed E-state index contributed by atoms with van der Waals surface area (Å²) in [6, 6.07) is 8.20. The van der Waals surface area contributed by atoms with Crippen molar-refractivity contribution in [2.45, 2.75) is 0 Å². The Kier molecular flexibility index (Phi) is 4.74. The molecule has 8 heteroatoms. The first-order valence-corrected chi connectivity index (χ1v) is 9.83. The van der Waals surface area contributed by atoms with E-state index in [4.69, 9.17) is 5.73 Å². The van der Waals surface area contributed by atoms with E-state index in [9.17, 15) is 4.79 Å². The first-order chi connectivity index (χ1) is 13.5. The number of nitrogens with zero attached hydrogens (tertiary/aromatic N) is 4. The number of hydrogen-bond acceptors (Lipinski definition) is 6. The van der Waals surface area contributed by atoms with Crippen molar-refractivity contribution in [3.05, 3.63) is 41.7 Å². The standard InChI is InChI=1S/C20H22N6OS/c1-25(2)6-7-26(3)15-9-13(12-4-5-16-14(8-12)24-11-28-16)18-19(23-10-22-18)17(15)20(21)27/h4-5,8-11H,6-7H2,1-3H3,(H2,21,27)(H,22,23). The van der Waals surface area contributed by atoms with Gasteiger partial charge in [0.05, 0.1) is 44.3 Å². The Balaban J connectivity index is 1.92. The van der Waals surface area contributed by atoms with E-state index in [-0.39, 0.29) is 0 Å². The van der Waals surface area contributed by atoms with Crippen LogP contribution in [0.3, 0.4) is 0 Å². The number of hydrogen-bond donors (Lipinski definition) is 2. The summed E-state index contributed by atoms with van der Waals surface area (Å²) in [6.45, 7) is 1.62. The Bertz CT molecular complexity index is 1160. The lowest BCUT2D eigenvalue weighted by Gasteiger charge is -2.24. The van der Waals surface area contributed by atoms with E-state index in [1.807, 2.05) is 32.7 Å². The topological polar surface area (TPSA) is 91.1 Å². The van der Waals surface area contributed by atoms with Gasteiger partial charge in [-0.1, -0.05) is 6.07 Å². The van der Waals surface area contributed by atoms with E-state index in [0.717, 1.165) is 45.6 Å². The molecule has 2 aromatic carbocycles. The van der Waals surface area contributed by atoms with E-state index in [2.05, 4.69) is 43.0 Å². The molecular formula is C20H22N6OS. The highest BCUT2D eigenvalue weighted by molar-refractivity contribution is 7.16. The molecule has 1 amide bonds. The lowest BCUT2D eigenvalue weighted by Crippen LogP contribution is -2.30. The van der Waals surface area contributed by atoms with Gasteiger partial charge in [-0.2, -0.15) is 0 Å². The summed E-state index contributed by atoms with van der Waals surface area (Å²) in [4.78, 5) is 28.5. The maximum atomic E-state index is 12.3. The van der Waals surface area contributed by atoms with Crippen LogP contribution in [0.25, 0.3) is 32.4 Å². The lowest BCUT2D eigenvalue weighted by atomic mass is 9.98. The van der Waals surface area contributed by atoms with Crippen LogP contribution in [0.5, 0.6) is 0 Å². The summed E-state index contributed by atoms with van der Waals surface area (Å²) < 4.78 is 1.14. The monoisotopic (exact) mass is 394 g/mol. The molecule has 28 heavy (non-hydrogen) atoms. The molecule has 2 heterocycles. The van der Waals surface area contributed by atoms with E-state index in [1.54, 1.807) is 17.7 Å². The zero-order valence-corrected chi connectivity index (χ0v) is 16.9. The first-order valence-electron chi connectivity index (χ1n) is 8.95. The average molecular weight is 395 g/mol. The van der Waals surface area contributed by atoms with E-state index in [1.165, 1.54) is 0 Å². The molecule has 0 bridgehead atoms. The van der Waals surface area contributed by atoms with Gasteiger partial charge in [0.25, 0.3) is 5.91 Å². The molecule has 7 nitrogen and oxygen atoms in total. The number of thiazole rings is 1. The van der Waals surface area contributed by atoms with Crippen molar-refractivity contribution in [3.8, 4) is 11.1 Å². The Hall–Kier alpha value is -2.97. The van der Waals surface area contributed by atoms with Gasteiger partial charge >= 0.3 is 0 Å². The van der Waals surface area contributed by atoms with Gasteiger partial charge in [-0.3, -0.25) is 4.79 Å². The van der Waals surface area contributed by atoms with Gasteiger partial charge in [0, 0.05) is 25.7 Å². The first kappa shape index (κ1) is 18.4. The fraction of sp³-hybridized carbons (Fsp3) is 0.250. The fourth-order valence-corrected chi connectivity index (χ4v) is 4.02. The number of anilines is 1. The number of primary amides is 1. The van der Waals surface area contributed by atoms with Crippen LogP contribution in [0, 0.1) is 0 Å². The molecule has 4 aromatic rings. The van der Waals surface area contributed by atoms with E-state index >= 15 is 0 Å². The molecule has 0 aliphatic heterocycles. The highest BCUT2D eigenvalue weighted by atomic mass is 32.1. The summed E-state index contributed by atoms with van der Waals surface area (Å²) in [5.74, 6) is -0.470. The molecule has 4 rings (SSSR count). The minimum Gasteiger partial charge on any atom is -0.373 e. The quantitative estimate of drug-likeness (QED) is 0.525. The molecule has 0 spiro atoms. The van der Waals surface area contributed by atoms with Crippen LogP contribution in [0.2, 0.25) is 0 Å². The van der Waals surface area contributed by atoms with Crippen LogP contribution in [0.1, 0.15) is 10.4 Å². The SMILES string of the molecule is CN(C)CCN(C)c1cc(-c2ccc3scnc3c2)c2nc[nH]c2c1C(N)=O. The number of carbonyl (C=O) groups excluding carboxylic acids is 1. The molecule has 0 unspecified atom stereocenters. The van der Waals surface area contributed by atoms with Gasteiger partial charge in [0.1, 0.15) is 0 Å². The number of fused-ring (bicyclic) bond motifs is 2. The number of H-pyrrole nitrogens is 1. The molecule has 2 aromatic heterocycles. The molecule has 0 saturated carbocycles. The van der Waals surface area contributed by atoms with Crippen LogP contribution in [-0.4, -0.2) is 60.0 Å². The molecule has 3 N–H and O–H groups in total. The lowest BCUT2D eigenvalue weighted by molar-refractivity contribution is 0.100. The van der Waals surface area contributed by atoms with Crippen molar-refractivity contribution >= 4 is 44.2 Å². The van der Waals surface area contributed by atoms with Crippen molar-refractivity contribution in [2.75, 3.05) is 39.1 Å². The van der Waals surface area contributed by atoms with Crippen molar-refractivity contribution in [1.29, 1.82) is 0 Å². The third-order valence-corrected chi connectivity index (χ3v) is 5.67. The molecule has 0 atom stereocenters. The molecule has 0 aliphatic rings. The maximum absolute atomic E-state index is 12.3. The summed E-state index contributed by atoms with van der Waals surface area (Å²) in [5, 5.41) is 0. The van der Waals surface area contributed by atoms with Gasteiger partial charge in [-0.15, -0.1) is 11.3 Å². The van der Waals surface area contributed by atoms with Gasteiger partial charge in [0.2, 0.25) is 0 Å². The van der Waals surface area contributed by atoms with Crippen LogP contribution in [-0.2, 0) is 0 Å². The third kappa shape index (κ3) is 3.21. The van der Waals surface area contributed by atoms with Crippen molar-refractivity contribution in [3.63, 3.8) is 0 Å². The number of aromatic nitrogens is 3.